The highest BCUT2D eigenvalue weighted by molar-refractivity contribution is 6.38. The predicted octanol–water partition coefficient (Wildman–Crippen LogP) is 1.95. The summed E-state index contributed by atoms with van der Waals surface area (Å²) < 4.78 is 25.8. The van der Waals surface area contributed by atoms with Crippen molar-refractivity contribution in [3.63, 3.8) is 0 Å². The summed E-state index contributed by atoms with van der Waals surface area (Å²) in [6, 6.07) is -5.43. The Morgan fingerprint density at radius 2 is 1.60 bits per heavy atom. The number of amides is 6. The Balaban J connectivity index is 2.41. The lowest BCUT2D eigenvalue weighted by atomic mass is 9.84. The fourth-order valence-electron chi connectivity index (χ4n) is 5.76. The van der Waals surface area contributed by atoms with Crippen molar-refractivity contribution in [1.29, 1.82) is 0 Å². The molecular weight excluding hydrogens is 660 g/mol. The van der Waals surface area contributed by atoms with E-state index in [1.54, 1.807) is 13.8 Å². The Morgan fingerprint density at radius 1 is 0.940 bits per heavy atom. The molecule has 1 aromatic rings. The number of aromatic nitrogens is 2. The van der Waals surface area contributed by atoms with Crippen LogP contribution in [0.2, 0.25) is 0 Å². The number of nitrogens with one attached hydrogen (secondary N) is 3. The van der Waals surface area contributed by atoms with Crippen molar-refractivity contribution < 1.29 is 47.4 Å². The average Bonchev–Trinajstić information content (AvgIpc) is 3.06. The number of aliphatic carboxylic acids is 1. The fourth-order valence-corrected chi connectivity index (χ4v) is 5.76. The molecule has 1 aromatic heterocycles. The standard InChI is InChI=1S/C33H49F2N7O8/c1-5-19(4)27(41-28(44)22(13-18(2)3)39-29(45)24-17-37-11-12-38-24)30(46)40-23(14-20-9-7-6-8-10-20)31(47)42(32(48)33(49)50)26(43)16-21(36)15-25(34)35/h11-12,17-23,25,27H,5-10,13-16,36H2,1-4H3,(H,39,45)(H,40,46)(H,41,44)(H,49,50)/t19-,21+,22-,23-,27-/m0/s1. The number of alkyl halides is 2. The van der Waals surface area contributed by atoms with Crippen LogP contribution in [0.3, 0.4) is 0 Å². The number of carboxylic acids is 1. The van der Waals surface area contributed by atoms with E-state index in [1.165, 1.54) is 18.6 Å². The van der Waals surface area contributed by atoms with Crippen LogP contribution in [0.25, 0.3) is 0 Å². The minimum absolute atomic E-state index is 0.0282. The SMILES string of the molecule is CC[C@H](C)[C@H](NC(=O)[C@H](CC(C)C)NC(=O)c1cnccn1)C(=O)N[C@@H](CC1CCCCC1)C(=O)N(C(=O)C[C@H](N)CC(F)F)C(=O)C(=O)O. The lowest BCUT2D eigenvalue weighted by molar-refractivity contribution is -0.165. The van der Waals surface area contributed by atoms with E-state index in [0.29, 0.717) is 19.3 Å². The number of carbonyl (C=O) groups excluding carboxylic acids is 6. The third kappa shape index (κ3) is 13.1. The molecule has 2 rings (SSSR count). The van der Waals surface area contributed by atoms with Gasteiger partial charge in [0.2, 0.25) is 24.1 Å². The number of rotatable bonds is 17. The monoisotopic (exact) mass is 709 g/mol. The van der Waals surface area contributed by atoms with Gasteiger partial charge in [0.05, 0.1) is 6.20 Å². The molecule has 0 bridgehead atoms. The highest BCUT2D eigenvalue weighted by atomic mass is 19.3. The van der Waals surface area contributed by atoms with Crippen LogP contribution in [0, 0.1) is 17.8 Å². The van der Waals surface area contributed by atoms with Gasteiger partial charge in [-0.2, -0.15) is 0 Å². The lowest BCUT2D eigenvalue weighted by Crippen LogP contribution is -2.60. The van der Waals surface area contributed by atoms with Gasteiger partial charge in [-0.05, 0) is 30.6 Å². The van der Waals surface area contributed by atoms with Crippen molar-refractivity contribution in [2.75, 3.05) is 0 Å². The van der Waals surface area contributed by atoms with E-state index in [0.717, 1.165) is 19.3 Å². The Kier molecular flexibility index (Phi) is 17.0. The smallest absolute Gasteiger partial charge is 0.395 e. The number of carbonyl (C=O) groups is 7. The first-order valence-corrected chi connectivity index (χ1v) is 16.9. The molecule has 50 heavy (non-hydrogen) atoms. The van der Waals surface area contributed by atoms with Gasteiger partial charge in [0.15, 0.2) is 0 Å². The summed E-state index contributed by atoms with van der Waals surface area (Å²) in [6.07, 6.45) is 3.58. The van der Waals surface area contributed by atoms with Crippen molar-refractivity contribution in [2.45, 2.75) is 122 Å². The molecule has 278 valence electrons. The van der Waals surface area contributed by atoms with Crippen molar-refractivity contribution in [1.82, 2.24) is 30.8 Å². The van der Waals surface area contributed by atoms with Gasteiger partial charge in [-0.1, -0.05) is 66.2 Å². The molecule has 0 spiro atoms. The minimum atomic E-state index is -2.90. The second kappa shape index (κ2) is 20.3. The Bertz CT molecular complexity index is 1340. The topological polar surface area (TPSA) is 231 Å². The number of hydrogen-bond donors (Lipinski definition) is 5. The van der Waals surface area contributed by atoms with Gasteiger partial charge in [0.1, 0.15) is 23.8 Å². The van der Waals surface area contributed by atoms with Gasteiger partial charge in [-0.3, -0.25) is 33.8 Å². The minimum Gasteiger partial charge on any atom is -0.474 e. The van der Waals surface area contributed by atoms with Crippen LogP contribution in [0.1, 0.15) is 102 Å². The van der Waals surface area contributed by atoms with Crippen LogP contribution in [0.5, 0.6) is 0 Å². The quantitative estimate of drug-likeness (QED) is 0.147. The van der Waals surface area contributed by atoms with Gasteiger partial charge >= 0.3 is 11.9 Å². The number of nitrogens with zero attached hydrogens (tertiary/aromatic N) is 3. The first-order valence-electron chi connectivity index (χ1n) is 16.9. The van der Waals surface area contributed by atoms with Crippen LogP contribution in [0.15, 0.2) is 18.6 Å². The number of halogens is 2. The number of nitrogens with two attached hydrogens (primary N) is 1. The van der Waals surface area contributed by atoms with E-state index in [4.69, 9.17) is 5.73 Å². The van der Waals surface area contributed by atoms with Crippen molar-refractivity contribution in [2.24, 2.45) is 23.5 Å². The number of imide groups is 3. The zero-order chi connectivity index (χ0) is 37.5. The summed E-state index contributed by atoms with van der Waals surface area (Å²) >= 11 is 0. The maximum atomic E-state index is 13.9. The molecule has 1 aliphatic rings. The first kappa shape index (κ1) is 41.8. The highest BCUT2D eigenvalue weighted by Crippen LogP contribution is 2.28. The summed E-state index contributed by atoms with van der Waals surface area (Å²) in [5, 5.41) is 17.3. The van der Waals surface area contributed by atoms with Crippen molar-refractivity contribution in [3.05, 3.63) is 24.3 Å². The van der Waals surface area contributed by atoms with E-state index >= 15 is 0 Å². The molecule has 1 heterocycles. The molecule has 1 aliphatic carbocycles. The average molecular weight is 710 g/mol. The summed E-state index contributed by atoms with van der Waals surface area (Å²) in [4.78, 5) is 99.4. The summed E-state index contributed by atoms with van der Waals surface area (Å²) in [6.45, 7) is 7.10. The lowest BCUT2D eigenvalue weighted by Gasteiger charge is -2.32. The maximum absolute atomic E-state index is 13.9. The second-order valence-corrected chi connectivity index (χ2v) is 13.2. The van der Waals surface area contributed by atoms with E-state index < -0.39 is 90.8 Å². The molecule has 15 nitrogen and oxygen atoms in total. The number of carboxylic acid groups (broad SMARTS) is 1. The maximum Gasteiger partial charge on any atom is 0.395 e. The molecule has 0 radical (unpaired) electrons. The summed E-state index contributed by atoms with van der Waals surface area (Å²) in [7, 11) is 0. The van der Waals surface area contributed by atoms with E-state index in [-0.39, 0.29) is 35.3 Å². The molecule has 0 saturated heterocycles. The van der Waals surface area contributed by atoms with Crippen LogP contribution in [-0.2, 0) is 28.8 Å². The fraction of sp³-hybridized carbons (Fsp3) is 0.667. The van der Waals surface area contributed by atoms with E-state index in [9.17, 15) is 47.4 Å². The van der Waals surface area contributed by atoms with E-state index in [2.05, 4.69) is 25.9 Å². The zero-order valence-corrected chi connectivity index (χ0v) is 28.9. The molecule has 0 aromatic carbocycles. The van der Waals surface area contributed by atoms with Crippen LogP contribution in [0.4, 0.5) is 8.78 Å². The van der Waals surface area contributed by atoms with Crippen LogP contribution in [-0.4, -0.2) is 92.0 Å². The third-order valence-corrected chi connectivity index (χ3v) is 8.60. The summed E-state index contributed by atoms with van der Waals surface area (Å²) in [5.74, 6) is -9.77. The summed E-state index contributed by atoms with van der Waals surface area (Å²) in [5.41, 5.74) is 5.58. The van der Waals surface area contributed by atoms with Crippen molar-refractivity contribution in [3.8, 4) is 0 Å². The molecule has 0 unspecified atom stereocenters. The van der Waals surface area contributed by atoms with E-state index in [1.807, 2.05) is 13.8 Å². The normalized spacial score (nSPS) is 16.4. The molecule has 1 fully saturated rings. The molecule has 0 aliphatic heterocycles. The van der Waals surface area contributed by atoms with Crippen LogP contribution < -0.4 is 21.7 Å². The molecule has 6 N–H and O–H groups in total. The van der Waals surface area contributed by atoms with Gasteiger partial charge in [-0.15, -0.1) is 0 Å². The Labute approximate surface area is 289 Å². The Hall–Kier alpha value is -4.41. The first-order chi connectivity index (χ1) is 23.5. The third-order valence-electron chi connectivity index (χ3n) is 8.60. The zero-order valence-electron chi connectivity index (χ0n) is 28.9. The van der Waals surface area contributed by atoms with Gasteiger partial charge < -0.3 is 26.8 Å². The van der Waals surface area contributed by atoms with Gasteiger partial charge in [0.25, 0.3) is 11.8 Å². The highest BCUT2D eigenvalue weighted by Gasteiger charge is 2.41. The van der Waals surface area contributed by atoms with Gasteiger partial charge in [-0.25, -0.2) is 23.5 Å². The molecule has 1 saturated carbocycles. The molecule has 6 amide bonds. The van der Waals surface area contributed by atoms with Crippen molar-refractivity contribution >= 4 is 41.4 Å². The molecule has 5 atom stereocenters. The second-order valence-electron chi connectivity index (χ2n) is 13.2. The molecule has 17 heteroatoms. The Morgan fingerprint density at radius 3 is 2.14 bits per heavy atom. The predicted molar refractivity (Wildman–Crippen MR) is 175 cm³/mol. The van der Waals surface area contributed by atoms with Gasteiger partial charge in [0, 0.05) is 31.3 Å². The number of hydrogen-bond acceptors (Lipinski definition) is 10. The largest absolute Gasteiger partial charge is 0.474 e. The van der Waals surface area contributed by atoms with Crippen LogP contribution >= 0.6 is 0 Å². The molecular formula is C33H49F2N7O8.